The first-order valence-corrected chi connectivity index (χ1v) is 9.95. The number of rotatable bonds is 6. The summed E-state index contributed by atoms with van der Waals surface area (Å²) in [6.07, 6.45) is -2.53. The molecule has 3 aromatic rings. The zero-order valence-electron chi connectivity index (χ0n) is 15.3. The van der Waals surface area contributed by atoms with Crippen molar-refractivity contribution in [2.75, 3.05) is 0 Å². The maximum Gasteiger partial charge on any atom is 0.416 e. The van der Waals surface area contributed by atoms with Gasteiger partial charge >= 0.3 is 6.18 Å². The van der Waals surface area contributed by atoms with Crippen molar-refractivity contribution in [2.45, 2.75) is 30.4 Å². The molecule has 0 aliphatic carbocycles. The Balaban J connectivity index is 1.65. The van der Waals surface area contributed by atoms with Crippen LogP contribution in [0.3, 0.4) is 0 Å². The van der Waals surface area contributed by atoms with E-state index in [9.17, 15) is 13.2 Å². The summed E-state index contributed by atoms with van der Waals surface area (Å²) in [5.41, 5.74) is 1.91. The summed E-state index contributed by atoms with van der Waals surface area (Å²) in [7, 11) is 0. The Kier molecular flexibility index (Phi) is 6.87. The minimum absolute atomic E-state index is 0.233. The summed E-state index contributed by atoms with van der Waals surface area (Å²) in [6.45, 7) is 1.78. The maximum absolute atomic E-state index is 12.8. The summed E-state index contributed by atoms with van der Waals surface area (Å²) in [5, 5.41) is 9.39. The number of hydrogen-bond acceptors (Lipinski definition) is 5. The standard InChI is InChI=1S/C20H16ClF3N4S/c1-13-18(9-10-25-17-4-2-3-15(11-17)20(22,23)24)26-19(28-27-13)29-12-14-5-7-16(21)8-6-14/h2-8,10-11H,9,12H2,1H3. The fourth-order valence-electron chi connectivity index (χ4n) is 2.38. The van der Waals surface area contributed by atoms with Crippen LogP contribution in [-0.2, 0) is 18.3 Å². The molecule has 29 heavy (non-hydrogen) atoms. The first-order chi connectivity index (χ1) is 13.8. The molecule has 0 amide bonds. The minimum atomic E-state index is -4.39. The third kappa shape index (κ3) is 6.27. The summed E-state index contributed by atoms with van der Waals surface area (Å²) >= 11 is 7.32. The van der Waals surface area contributed by atoms with Crippen LogP contribution in [0.15, 0.2) is 58.7 Å². The number of alkyl halides is 3. The third-order valence-corrected chi connectivity index (χ3v) is 5.07. The highest BCUT2D eigenvalue weighted by Gasteiger charge is 2.30. The molecule has 0 atom stereocenters. The van der Waals surface area contributed by atoms with Crippen molar-refractivity contribution >= 4 is 35.3 Å². The predicted octanol–water partition coefficient (Wildman–Crippen LogP) is 6.09. The van der Waals surface area contributed by atoms with E-state index < -0.39 is 11.7 Å². The van der Waals surface area contributed by atoms with E-state index >= 15 is 0 Å². The highest BCUT2D eigenvalue weighted by atomic mass is 35.5. The zero-order valence-corrected chi connectivity index (χ0v) is 16.9. The van der Waals surface area contributed by atoms with Crippen LogP contribution in [0.25, 0.3) is 0 Å². The van der Waals surface area contributed by atoms with E-state index in [4.69, 9.17) is 11.6 Å². The predicted molar refractivity (Wildman–Crippen MR) is 109 cm³/mol. The Morgan fingerprint density at radius 2 is 1.86 bits per heavy atom. The van der Waals surface area contributed by atoms with Crippen molar-refractivity contribution < 1.29 is 13.2 Å². The maximum atomic E-state index is 12.8. The van der Waals surface area contributed by atoms with Crippen LogP contribution in [0, 0.1) is 6.92 Å². The van der Waals surface area contributed by atoms with E-state index in [2.05, 4.69) is 20.2 Å². The van der Waals surface area contributed by atoms with Crippen molar-refractivity contribution in [2.24, 2.45) is 4.99 Å². The lowest BCUT2D eigenvalue weighted by Gasteiger charge is -2.06. The Hall–Kier alpha value is -2.45. The van der Waals surface area contributed by atoms with Crippen molar-refractivity contribution in [3.8, 4) is 0 Å². The Bertz CT molecular complexity index is 1010. The molecule has 1 aromatic heterocycles. The minimum Gasteiger partial charge on any atom is -0.261 e. The molecular weight excluding hydrogens is 421 g/mol. The number of thioether (sulfide) groups is 1. The van der Waals surface area contributed by atoms with Crippen LogP contribution in [0.4, 0.5) is 18.9 Å². The Labute approximate surface area is 175 Å². The first-order valence-electron chi connectivity index (χ1n) is 8.58. The molecule has 9 heteroatoms. The van der Waals surface area contributed by atoms with Gasteiger partial charge in [0.15, 0.2) is 0 Å². The highest BCUT2D eigenvalue weighted by Crippen LogP contribution is 2.31. The van der Waals surface area contributed by atoms with E-state index in [0.29, 0.717) is 33.7 Å². The molecule has 0 aliphatic rings. The van der Waals surface area contributed by atoms with Gasteiger partial charge in [-0.15, -0.1) is 5.10 Å². The van der Waals surface area contributed by atoms with Gasteiger partial charge in [0, 0.05) is 23.4 Å². The van der Waals surface area contributed by atoms with Gasteiger partial charge in [-0.05, 0) is 42.8 Å². The number of nitrogens with zero attached hydrogens (tertiary/aromatic N) is 4. The van der Waals surface area contributed by atoms with Gasteiger partial charge in [-0.3, -0.25) is 4.99 Å². The van der Waals surface area contributed by atoms with Crippen molar-refractivity contribution in [3.63, 3.8) is 0 Å². The molecule has 0 fully saturated rings. The molecule has 0 unspecified atom stereocenters. The molecule has 2 aromatic carbocycles. The summed E-state index contributed by atoms with van der Waals surface area (Å²) in [4.78, 5) is 8.60. The molecule has 0 radical (unpaired) electrons. The van der Waals surface area contributed by atoms with Gasteiger partial charge in [-0.2, -0.15) is 18.3 Å². The number of aryl methyl sites for hydroxylation is 1. The quantitative estimate of drug-likeness (QED) is 0.346. The Morgan fingerprint density at radius 3 is 2.59 bits per heavy atom. The SMILES string of the molecule is Cc1nnc(SCc2ccc(Cl)cc2)nc1CC=Nc1cccc(C(F)(F)F)c1. The van der Waals surface area contributed by atoms with Crippen LogP contribution >= 0.6 is 23.4 Å². The molecule has 0 N–H and O–H groups in total. The average Bonchev–Trinajstić information content (AvgIpc) is 2.69. The van der Waals surface area contributed by atoms with Gasteiger partial charge in [-0.25, -0.2) is 4.98 Å². The van der Waals surface area contributed by atoms with Crippen LogP contribution in [0.2, 0.25) is 5.02 Å². The lowest BCUT2D eigenvalue weighted by molar-refractivity contribution is -0.137. The molecule has 1 heterocycles. The van der Waals surface area contributed by atoms with E-state index in [0.717, 1.165) is 17.7 Å². The fourth-order valence-corrected chi connectivity index (χ4v) is 3.26. The van der Waals surface area contributed by atoms with Gasteiger partial charge in [-0.1, -0.05) is 41.6 Å². The topological polar surface area (TPSA) is 51.0 Å². The van der Waals surface area contributed by atoms with Gasteiger partial charge in [0.05, 0.1) is 22.6 Å². The molecule has 4 nitrogen and oxygen atoms in total. The lowest BCUT2D eigenvalue weighted by Crippen LogP contribution is -2.04. The van der Waals surface area contributed by atoms with Gasteiger partial charge in [0.2, 0.25) is 5.16 Å². The average molecular weight is 437 g/mol. The van der Waals surface area contributed by atoms with Crippen LogP contribution in [-0.4, -0.2) is 21.4 Å². The first kappa shape index (κ1) is 21.3. The van der Waals surface area contributed by atoms with Crippen molar-refractivity contribution in [3.05, 3.63) is 76.1 Å². The number of hydrogen-bond donors (Lipinski definition) is 0. The number of aromatic nitrogens is 3. The van der Waals surface area contributed by atoms with Crippen LogP contribution in [0.5, 0.6) is 0 Å². The number of halogens is 4. The van der Waals surface area contributed by atoms with E-state index in [1.807, 2.05) is 24.3 Å². The number of aliphatic imine (C=N–C) groups is 1. The molecule has 150 valence electrons. The smallest absolute Gasteiger partial charge is 0.261 e. The largest absolute Gasteiger partial charge is 0.416 e. The summed E-state index contributed by atoms with van der Waals surface area (Å²) in [6, 6.07) is 12.4. The van der Waals surface area contributed by atoms with Crippen LogP contribution in [0.1, 0.15) is 22.5 Å². The number of benzene rings is 2. The second-order valence-corrected chi connectivity index (χ2v) is 7.48. The second-order valence-electron chi connectivity index (χ2n) is 6.11. The van der Waals surface area contributed by atoms with Crippen molar-refractivity contribution in [1.29, 1.82) is 0 Å². The second kappa shape index (κ2) is 9.37. The molecular formula is C20H16ClF3N4S. The molecule has 0 saturated carbocycles. The highest BCUT2D eigenvalue weighted by molar-refractivity contribution is 7.98. The van der Waals surface area contributed by atoms with Gasteiger partial charge in [0.1, 0.15) is 0 Å². The molecule has 0 aliphatic heterocycles. The van der Waals surface area contributed by atoms with Crippen LogP contribution < -0.4 is 0 Å². The van der Waals surface area contributed by atoms with Gasteiger partial charge in [0.25, 0.3) is 0 Å². The van der Waals surface area contributed by atoms with E-state index in [1.54, 1.807) is 6.92 Å². The zero-order chi connectivity index (χ0) is 20.9. The monoisotopic (exact) mass is 436 g/mol. The summed E-state index contributed by atoms with van der Waals surface area (Å²) < 4.78 is 38.3. The molecule has 0 bridgehead atoms. The fraction of sp³-hybridized carbons (Fsp3) is 0.200. The molecule has 0 saturated heterocycles. The molecule has 3 rings (SSSR count). The normalized spacial score (nSPS) is 11.9. The van der Waals surface area contributed by atoms with Crippen molar-refractivity contribution in [1.82, 2.24) is 15.2 Å². The van der Waals surface area contributed by atoms with E-state index in [-0.39, 0.29) is 5.69 Å². The summed E-state index contributed by atoms with van der Waals surface area (Å²) in [5.74, 6) is 0.666. The van der Waals surface area contributed by atoms with Gasteiger partial charge < -0.3 is 0 Å². The Morgan fingerprint density at radius 1 is 1.10 bits per heavy atom. The van der Waals surface area contributed by atoms with E-state index in [1.165, 1.54) is 30.1 Å². The third-order valence-electron chi connectivity index (χ3n) is 3.91. The molecule has 0 spiro atoms. The lowest BCUT2D eigenvalue weighted by atomic mass is 10.2.